The number of carbonyl (C=O) groups excluding carboxylic acids is 2. The fourth-order valence-electron chi connectivity index (χ4n) is 4.75. The van der Waals surface area contributed by atoms with E-state index in [9.17, 15) is 9.59 Å². The lowest BCUT2D eigenvalue weighted by Crippen LogP contribution is -2.44. The van der Waals surface area contributed by atoms with Crippen LogP contribution in [-0.2, 0) is 16.1 Å². The maximum Gasteiger partial charge on any atom is 0.410 e. The van der Waals surface area contributed by atoms with E-state index in [-0.39, 0.29) is 19.1 Å². The number of aryl methyl sites for hydroxylation is 1. The van der Waals surface area contributed by atoms with Gasteiger partial charge in [0.25, 0.3) is 0 Å². The summed E-state index contributed by atoms with van der Waals surface area (Å²) in [5.74, 6) is 1.32. The van der Waals surface area contributed by atoms with E-state index in [0.717, 1.165) is 27.8 Å². The Balaban J connectivity index is 1.32. The number of hydrogen-bond acceptors (Lipinski definition) is 8. The number of ether oxygens (including phenoxy) is 2. The zero-order chi connectivity index (χ0) is 28.3. The van der Waals surface area contributed by atoms with Gasteiger partial charge in [0, 0.05) is 24.0 Å². The van der Waals surface area contributed by atoms with Crippen LogP contribution in [0.5, 0.6) is 5.75 Å². The van der Waals surface area contributed by atoms with Crippen molar-refractivity contribution in [1.29, 1.82) is 0 Å². The normalized spacial score (nSPS) is 15.4. The third-order valence-electron chi connectivity index (χ3n) is 6.94. The van der Waals surface area contributed by atoms with Gasteiger partial charge in [0.05, 0.1) is 19.2 Å². The highest BCUT2D eigenvalue weighted by atomic mass is 16.6. The van der Waals surface area contributed by atoms with Crippen LogP contribution in [-0.4, -0.2) is 69.3 Å². The lowest BCUT2D eigenvalue weighted by Gasteiger charge is -2.23. The van der Waals surface area contributed by atoms with Crippen LogP contribution in [0.15, 0.2) is 72.8 Å². The highest BCUT2D eigenvalue weighted by molar-refractivity contribution is 5.94. The number of fused-ring (bicyclic) bond motifs is 3. The maximum absolute atomic E-state index is 13.1. The number of aromatic nitrogens is 4. The summed E-state index contributed by atoms with van der Waals surface area (Å²) in [7, 11) is 1.61. The van der Waals surface area contributed by atoms with E-state index in [2.05, 4.69) is 10.6 Å². The number of nitrogens with one attached hydrogen (secondary N) is 2. The predicted octanol–water partition coefficient (Wildman–Crippen LogP) is 3.81. The van der Waals surface area contributed by atoms with Gasteiger partial charge in [-0.15, -0.1) is 5.10 Å². The summed E-state index contributed by atoms with van der Waals surface area (Å²) in [5.41, 5.74) is 4.03. The number of amides is 2. The Morgan fingerprint density at radius 1 is 1.07 bits per heavy atom. The van der Waals surface area contributed by atoms with Crippen molar-refractivity contribution in [2.75, 3.05) is 32.1 Å². The predicted molar refractivity (Wildman–Crippen MR) is 154 cm³/mol. The molecule has 0 unspecified atom stereocenters. The minimum atomic E-state index is -0.798. The molecule has 6 rings (SSSR count). The number of anilines is 1. The van der Waals surface area contributed by atoms with Crippen molar-refractivity contribution in [3.05, 3.63) is 83.9 Å². The first kappa shape index (κ1) is 26.1. The molecule has 1 aliphatic heterocycles. The molecule has 3 heterocycles. The molecule has 3 aromatic carbocycles. The van der Waals surface area contributed by atoms with Gasteiger partial charge in [-0.3, -0.25) is 4.79 Å². The minimum absolute atomic E-state index is 0.0918. The van der Waals surface area contributed by atoms with E-state index in [1.165, 1.54) is 4.90 Å². The van der Waals surface area contributed by atoms with E-state index < -0.39 is 12.1 Å². The van der Waals surface area contributed by atoms with Crippen LogP contribution in [0, 0.1) is 6.92 Å². The molecule has 0 saturated carbocycles. The Morgan fingerprint density at radius 2 is 1.88 bits per heavy atom. The lowest BCUT2D eigenvalue weighted by atomic mass is 10.1. The summed E-state index contributed by atoms with van der Waals surface area (Å²) >= 11 is 0. The number of methoxy groups -OCH3 is 1. The van der Waals surface area contributed by atoms with Crippen molar-refractivity contribution < 1.29 is 19.1 Å². The SMILES string of the molecule is COc1ccc(-c2nc3c4ccc(C)cc4nc(N[C@@H]4CN(C(=O)OCc5ccccc5)CCNC4=O)n3n2)cc1. The zero-order valence-corrected chi connectivity index (χ0v) is 22.7. The monoisotopic (exact) mass is 551 g/mol. The van der Waals surface area contributed by atoms with Crippen LogP contribution in [0.25, 0.3) is 27.9 Å². The largest absolute Gasteiger partial charge is 0.497 e. The van der Waals surface area contributed by atoms with Crippen LogP contribution in [0.1, 0.15) is 11.1 Å². The second-order valence-corrected chi connectivity index (χ2v) is 9.83. The average molecular weight is 552 g/mol. The molecular weight excluding hydrogens is 522 g/mol. The number of hydrogen-bond donors (Lipinski definition) is 2. The Morgan fingerprint density at radius 3 is 2.66 bits per heavy atom. The van der Waals surface area contributed by atoms with Gasteiger partial charge in [0.1, 0.15) is 18.4 Å². The second kappa shape index (κ2) is 11.1. The lowest BCUT2D eigenvalue weighted by molar-refractivity contribution is -0.121. The van der Waals surface area contributed by atoms with E-state index in [4.69, 9.17) is 24.5 Å². The van der Waals surface area contributed by atoms with Gasteiger partial charge in [-0.2, -0.15) is 4.52 Å². The minimum Gasteiger partial charge on any atom is -0.497 e. The summed E-state index contributed by atoms with van der Waals surface area (Å²) in [4.78, 5) is 37.2. The highest BCUT2D eigenvalue weighted by Crippen LogP contribution is 2.26. The molecule has 0 radical (unpaired) electrons. The van der Waals surface area contributed by atoms with Crippen molar-refractivity contribution >= 4 is 34.5 Å². The van der Waals surface area contributed by atoms with Crippen molar-refractivity contribution in [2.24, 2.45) is 0 Å². The standard InChI is InChI=1S/C30H29N7O4/c1-19-8-13-23-24(16-19)32-29(37-27(23)34-26(35-37)21-9-11-22(40-2)12-10-21)33-25-17-36(15-14-31-28(25)38)30(39)41-18-20-6-4-3-5-7-20/h3-13,16,25H,14-15,17-18H2,1-2H3,(H,31,38)(H,32,33)/t25-/m1/s1. The molecule has 1 fully saturated rings. The van der Waals surface area contributed by atoms with Crippen LogP contribution in [0.2, 0.25) is 0 Å². The Labute approximate surface area is 236 Å². The third-order valence-corrected chi connectivity index (χ3v) is 6.94. The van der Waals surface area contributed by atoms with Crippen molar-refractivity contribution in [1.82, 2.24) is 29.8 Å². The molecule has 208 valence electrons. The number of benzene rings is 3. The van der Waals surface area contributed by atoms with E-state index in [0.29, 0.717) is 36.0 Å². The molecular formula is C30H29N7O4. The van der Waals surface area contributed by atoms with Crippen LogP contribution < -0.4 is 15.4 Å². The van der Waals surface area contributed by atoms with Crippen molar-refractivity contribution in [3.63, 3.8) is 0 Å². The average Bonchev–Trinajstić information content (AvgIpc) is 3.37. The molecule has 11 heteroatoms. The van der Waals surface area contributed by atoms with E-state index >= 15 is 0 Å². The molecule has 1 saturated heterocycles. The second-order valence-electron chi connectivity index (χ2n) is 9.83. The topological polar surface area (TPSA) is 123 Å². The first-order chi connectivity index (χ1) is 20.0. The molecule has 5 aromatic rings. The summed E-state index contributed by atoms with van der Waals surface area (Å²) in [5, 5.41) is 11.7. The fraction of sp³-hybridized carbons (Fsp3) is 0.233. The molecule has 2 amide bonds. The van der Waals surface area contributed by atoms with Gasteiger partial charge in [0.2, 0.25) is 11.9 Å². The Hall–Kier alpha value is -5.19. The number of rotatable bonds is 6. The molecule has 0 bridgehead atoms. The highest BCUT2D eigenvalue weighted by Gasteiger charge is 2.30. The summed E-state index contributed by atoms with van der Waals surface area (Å²) < 4.78 is 12.4. The van der Waals surface area contributed by atoms with Gasteiger partial charge < -0.3 is 25.0 Å². The van der Waals surface area contributed by atoms with Crippen molar-refractivity contribution in [2.45, 2.75) is 19.6 Å². The van der Waals surface area contributed by atoms with Crippen LogP contribution >= 0.6 is 0 Å². The first-order valence-electron chi connectivity index (χ1n) is 13.3. The number of carbonyl (C=O) groups is 2. The number of nitrogens with zero attached hydrogens (tertiary/aromatic N) is 5. The van der Waals surface area contributed by atoms with Gasteiger partial charge in [-0.05, 0) is 54.4 Å². The molecule has 0 spiro atoms. The zero-order valence-electron chi connectivity index (χ0n) is 22.7. The van der Waals surface area contributed by atoms with Gasteiger partial charge in [0.15, 0.2) is 11.5 Å². The Kier molecular flexibility index (Phi) is 7.07. The van der Waals surface area contributed by atoms with Gasteiger partial charge in [-0.1, -0.05) is 36.4 Å². The van der Waals surface area contributed by atoms with Crippen molar-refractivity contribution in [3.8, 4) is 17.1 Å². The summed E-state index contributed by atoms with van der Waals surface area (Å²) in [6.07, 6.45) is -0.494. The third kappa shape index (κ3) is 5.46. The molecule has 2 aromatic heterocycles. The van der Waals surface area contributed by atoms with Crippen LogP contribution in [0.4, 0.5) is 10.7 Å². The smallest absolute Gasteiger partial charge is 0.410 e. The van der Waals surface area contributed by atoms with Gasteiger partial charge in [-0.25, -0.2) is 14.8 Å². The summed E-state index contributed by atoms with van der Waals surface area (Å²) in [6.45, 7) is 2.86. The van der Waals surface area contributed by atoms with E-state index in [1.807, 2.05) is 79.7 Å². The fourth-order valence-corrected chi connectivity index (χ4v) is 4.75. The van der Waals surface area contributed by atoms with Crippen LogP contribution in [0.3, 0.4) is 0 Å². The molecule has 0 aliphatic carbocycles. The molecule has 11 nitrogen and oxygen atoms in total. The maximum atomic E-state index is 13.1. The quantitative estimate of drug-likeness (QED) is 0.327. The molecule has 1 aliphatic rings. The van der Waals surface area contributed by atoms with E-state index in [1.54, 1.807) is 11.6 Å². The molecule has 41 heavy (non-hydrogen) atoms. The summed E-state index contributed by atoms with van der Waals surface area (Å²) in [6, 6.07) is 22.1. The molecule has 1 atom stereocenters. The molecule has 2 N–H and O–H groups in total. The Bertz CT molecular complexity index is 1720. The van der Waals surface area contributed by atoms with Gasteiger partial charge >= 0.3 is 6.09 Å². The first-order valence-corrected chi connectivity index (χ1v) is 13.3.